The van der Waals surface area contributed by atoms with E-state index in [1.165, 1.54) is 5.56 Å². The maximum absolute atomic E-state index is 5.75. The molecule has 0 aliphatic carbocycles. The number of nitrogens with zero attached hydrogens (tertiary/aromatic N) is 1. The number of fused-ring (bicyclic) bond motifs is 1. The van der Waals surface area contributed by atoms with Crippen molar-refractivity contribution in [1.29, 1.82) is 0 Å². The molecule has 1 atom stereocenters. The largest absolute Gasteiger partial charge is 0.486 e. The molecule has 2 rings (SSSR count). The molecule has 1 aromatic rings. The second-order valence-corrected chi connectivity index (χ2v) is 5.18. The fourth-order valence-electron chi connectivity index (χ4n) is 2.37. The Bertz CT molecular complexity index is 405. The summed E-state index contributed by atoms with van der Waals surface area (Å²) in [4.78, 5) is 2.31. The lowest BCUT2D eigenvalue weighted by molar-refractivity contribution is 0.171. The van der Waals surface area contributed by atoms with Gasteiger partial charge < -0.3 is 20.1 Å². The van der Waals surface area contributed by atoms with Crippen molar-refractivity contribution in [3.05, 3.63) is 23.8 Å². The van der Waals surface area contributed by atoms with Crippen LogP contribution in [0.1, 0.15) is 18.9 Å². The Morgan fingerprint density at radius 2 is 2.00 bits per heavy atom. The Labute approximate surface area is 115 Å². The van der Waals surface area contributed by atoms with E-state index >= 15 is 0 Å². The van der Waals surface area contributed by atoms with Crippen LogP contribution in [0.25, 0.3) is 0 Å². The summed E-state index contributed by atoms with van der Waals surface area (Å²) >= 11 is 0. The summed E-state index contributed by atoms with van der Waals surface area (Å²) < 4.78 is 11.1. The number of hydrogen-bond donors (Lipinski definition) is 1. The number of benzene rings is 1. The van der Waals surface area contributed by atoms with Crippen molar-refractivity contribution < 1.29 is 9.47 Å². The molecule has 1 heterocycles. The molecular formula is C15H24N2O2. The maximum Gasteiger partial charge on any atom is 0.161 e. The molecule has 0 radical (unpaired) electrons. The maximum atomic E-state index is 5.75. The smallest absolute Gasteiger partial charge is 0.161 e. The molecule has 1 aliphatic rings. The SMILES string of the molecule is CCC(CN)CN(C)Cc1ccc2c(c1)OCCO2. The summed E-state index contributed by atoms with van der Waals surface area (Å²) in [5.74, 6) is 2.29. The van der Waals surface area contributed by atoms with Gasteiger partial charge in [0.25, 0.3) is 0 Å². The minimum Gasteiger partial charge on any atom is -0.486 e. The minimum absolute atomic E-state index is 0.571. The predicted octanol–water partition coefficient (Wildman–Crippen LogP) is 1.87. The van der Waals surface area contributed by atoms with E-state index in [2.05, 4.69) is 31.0 Å². The van der Waals surface area contributed by atoms with E-state index in [1.54, 1.807) is 0 Å². The summed E-state index contributed by atoms with van der Waals surface area (Å²) in [6.07, 6.45) is 1.13. The first-order valence-electron chi connectivity index (χ1n) is 7.00. The summed E-state index contributed by atoms with van der Waals surface area (Å²) in [6, 6.07) is 6.18. The van der Waals surface area contributed by atoms with Gasteiger partial charge in [0, 0.05) is 13.1 Å². The first kappa shape index (κ1) is 14.2. The zero-order valence-corrected chi connectivity index (χ0v) is 11.9. The van der Waals surface area contributed by atoms with Gasteiger partial charge in [-0.1, -0.05) is 19.4 Å². The summed E-state index contributed by atoms with van der Waals surface area (Å²) in [5, 5.41) is 0. The molecule has 4 heteroatoms. The topological polar surface area (TPSA) is 47.7 Å². The van der Waals surface area contributed by atoms with Crippen molar-refractivity contribution in [2.75, 3.05) is 33.4 Å². The van der Waals surface area contributed by atoms with Crippen LogP contribution in [0.15, 0.2) is 18.2 Å². The number of nitrogens with two attached hydrogens (primary N) is 1. The third-order valence-corrected chi connectivity index (χ3v) is 3.54. The Morgan fingerprint density at radius 1 is 1.26 bits per heavy atom. The normalized spacial score (nSPS) is 15.6. The number of ether oxygens (including phenoxy) is 2. The fourth-order valence-corrected chi connectivity index (χ4v) is 2.37. The van der Waals surface area contributed by atoms with Crippen LogP contribution in [0, 0.1) is 5.92 Å². The zero-order valence-electron chi connectivity index (χ0n) is 11.9. The van der Waals surface area contributed by atoms with Crippen molar-refractivity contribution in [2.45, 2.75) is 19.9 Å². The molecule has 0 bridgehead atoms. The van der Waals surface area contributed by atoms with Crippen molar-refractivity contribution in [2.24, 2.45) is 11.7 Å². The van der Waals surface area contributed by atoms with Crippen LogP contribution in [-0.4, -0.2) is 38.3 Å². The first-order chi connectivity index (χ1) is 9.22. The molecule has 2 N–H and O–H groups in total. The summed E-state index contributed by atoms with van der Waals surface area (Å²) in [7, 11) is 2.13. The minimum atomic E-state index is 0.571. The van der Waals surface area contributed by atoms with Crippen LogP contribution in [0.4, 0.5) is 0 Å². The van der Waals surface area contributed by atoms with Crippen LogP contribution in [0.2, 0.25) is 0 Å². The molecule has 0 aromatic heterocycles. The van der Waals surface area contributed by atoms with Gasteiger partial charge in [-0.05, 0) is 37.2 Å². The van der Waals surface area contributed by atoms with Crippen molar-refractivity contribution in [3.63, 3.8) is 0 Å². The van der Waals surface area contributed by atoms with Gasteiger partial charge in [0.15, 0.2) is 11.5 Å². The molecular weight excluding hydrogens is 240 g/mol. The fraction of sp³-hybridized carbons (Fsp3) is 0.600. The van der Waals surface area contributed by atoms with Gasteiger partial charge in [-0.3, -0.25) is 0 Å². The molecule has 106 valence electrons. The Hall–Kier alpha value is -1.26. The lowest BCUT2D eigenvalue weighted by Gasteiger charge is -2.23. The van der Waals surface area contributed by atoms with E-state index in [-0.39, 0.29) is 0 Å². The molecule has 0 spiro atoms. The molecule has 1 aromatic carbocycles. The lowest BCUT2D eigenvalue weighted by Crippen LogP contribution is -2.29. The Kier molecular flexibility index (Phi) is 5.05. The third kappa shape index (κ3) is 3.85. The first-order valence-corrected chi connectivity index (χ1v) is 7.00. The van der Waals surface area contributed by atoms with Crippen molar-refractivity contribution in [1.82, 2.24) is 4.90 Å². The van der Waals surface area contributed by atoms with Gasteiger partial charge in [0.2, 0.25) is 0 Å². The molecule has 0 amide bonds. The Morgan fingerprint density at radius 3 is 2.68 bits per heavy atom. The van der Waals surface area contributed by atoms with E-state index < -0.39 is 0 Å². The molecule has 0 fully saturated rings. The molecule has 0 saturated carbocycles. The highest BCUT2D eigenvalue weighted by molar-refractivity contribution is 5.43. The van der Waals surface area contributed by atoms with Gasteiger partial charge in [-0.15, -0.1) is 0 Å². The van der Waals surface area contributed by atoms with Gasteiger partial charge in [0.1, 0.15) is 13.2 Å². The average Bonchev–Trinajstić information content (AvgIpc) is 2.44. The highest BCUT2D eigenvalue weighted by atomic mass is 16.6. The molecule has 1 unspecified atom stereocenters. The van der Waals surface area contributed by atoms with Crippen LogP contribution in [0.5, 0.6) is 11.5 Å². The van der Waals surface area contributed by atoms with E-state index in [9.17, 15) is 0 Å². The second kappa shape index (κ2) is 6.78. The Balaban J connectivity index is 1.95. The van der Waals surface area contributed by atoms with E-state index in [4.69, 9.17) is 15.2 Å². The zero-order chi connectivity index (χ0) is 13.7. The number of hydrogen-bond acceptors (Lipinski definition) is 4. The second-order valence-electron chi connectivity index (χ2n) is 5.18. The van der Waals surface area contributed by atoms with Crippen LogP contribution >= 0.6 is 0 Å². The average molecular weight is 264 g/mol. The van der Waals surface area contributed by atoms with Crippen LogP contribution < -0.4 is 15.2 Å². The standard InChI is InChI=1S/C15H24N2O2/c1-3-12(9-16)10-17(2)11-13-4-5-14-15(8-13)19-7-6-18-14/h4-5,8,12H,3,6-7,9-11,16H2,1-2H3. The summed E-state index contributed by atoms with van der Waals surface area (Å²) in [5.41, 5.74) is 7.00. The van der Waals surface area contributed by atoms with Gasteiger partial charge in [-0.2, -0.15) is 0 Å². The number of rotatable bonds is 6. The van der Waals surface area contributed by atoms with Crippen molar-refractivity contribution >= 4 is 0 Å². The van der Waals surface area contributed by atoms with E-state index in [1.807, 2.05) is 6.07 Å². The molecule has 19 heavy (non-hydrogen) atoms. The van der Waals surface area contributed by atoms with Crippen molar-refractivity contribution in [3.8, 4) is 11.5 Å². The summed E-state index contributed by atoms with van der Waals surface area (Å²) in [6.45, 7) is 6.16. The predicted molar refractivity (Wildman–Crippen MR) is 76.6 cm³/mol. The van der Waals surface area contributed by atoms with Gasteiger partial charge in [-0.25, -0.2) is 0 Å². The molecule has 0 saturated heterocycles. The molecule has 4 nitrogen and oxygen atoms in total. The van der Waals surface area contributed by atoms with E-state index in [0.29, 0.717) is 19.1 Å². The van der Waals surface area contributed by atoms with Crippen LogP contribution in [-0.2, 0) is 6.54 Å². The monoisotopic (exact) mass is 264 g/mol. The lowest BCUT2D eigenvalue weighted by atomic mass is 10.1. The third-order valence-electron chi connectivity index (χ3n) is 3.54. The quantitative estimate of drug-likeness (QED) is 0.852. The van der Waals surface area contributed by atoms with E-state index in [0.717, 1.165) is 37.6 Å². The highest BCUT2D eigenvalue weighted by Crippen LogP contribution is 2.31. The van der Waals surface area contributed by atoms with Crippen LogP contribution in [0.3, 0.4) is 0 Å². The van der Waals surface area contributed by atoms with Gasteiger partial charge in [0.05, 0.1) is 0 Å². The van der Waals surface area contributed by atoms with Gasteiger partial charge >= 0.3 is 0 Å². The molecule has 1 aliphatic heterocycles. The highest BCUT2D eigenvalue weighted by Gasteiger charge is 2.13.